The van der Waals surface area contributed by atoms with Crippen molar-refractivity contribution < 1.29 is 9.53 Å². The van der Waals surface area contributed by atoms with Crippen LogP contribution in [0.15, 0.2) is 18.2 Å². The molecule has 1 aromatic heterocycles. The summed E-state index contributed by atoms with van der Waals surface area (Å²) in [6.45, 7) is 3.94. The van der Waals surface area contributed by atoms with E-state index in [1.807, 2.05) is 26.0 Å². The third-order valence-corrected chi connectivity index (χ3v) is 3.07. The molecule has 2 aromatic rings. The molecule has 4 heteroatoms. The summed E-state index contributed by atoms with van der Waals surface area (Å²) < 4.78 is 4.69. The SMILES string of the molecule is COC(=O)Cc1cc(Cl)cc2c(C)cc(C)nc12. The number of fused-ring (bicyclic) bond motifs is 1. The van der Waals surface area contributed by atoms with Crippen LogP contribution in [0.5, 0.6) is 0 Å². The fourth-order valence-electron chi connectivity index (χ4n) is 2.05. The van der Waals surface area contributed by atoms with Gasteiger partial charge >= 0.3 is 5.97 Å². The van der Waals surface area contributed by atoms with E-state index in [0.717, 1.165) is 27.7 Å². The molecule has 0 unspecified atom stereocenters. The van der Waals surface area contributed by atoms with Gasteiger partial charge in [-0.2, -0.15) is 0 Å². The van der Waals surface area contributed by atoms with Crippen LogP contribution < -0.4 is 0 Å². The van der Waals surface area contributed by atoms with E-state index >= 15 is 0 Å². The summed E-state index contributed by atoms with van der Waals surface area (Å²) in [6, 6.07) is 5.65. The lowest BCUT2D eigenvalue weighted by molar-refractivity contribution is -0.139. The van der Waals surface area contributed by atoms with Crippen LogP contribution in [0.1, 0.15) is 16.8 Å². The summed E-state index contributed by atoms with van der Waals surface area (Å²) in [5, 5.41) is 1.59. The number of halogens is 1. The fourth-order valence-corrected chi connectivity index (χ4v) is 2.29. The van der Waals surface area contributed by atoms with Gasteiger partial charge in [0.25, 0.3) is 0 Å². The standard InChI is InChI=1S/C14H14ClNO2/c1-8-4-9(2)16-14-10(6-13(17)18-3)5-11(15)7-12(8)14/h4-5,7H,6H2,1-3H3. The molecule has 0 amide bonds. The highest BCUT2D eigenvalue weighted by Crippen LogP contribution is 2.26. The van der Waals surface area contributed by atoms with Crippen molar-refractivity contribution >= 4 is 28.5 Å². The van der Waals surface area contributed by atoms with Gasteiger partial charge in [-0.3, -0.25) is 9.78 Å². The molecule has 0 bridgehead atoms. The lowest BCUT2D eigenvalue weighted by Gasteiger charge is -2.09. The minimum atomic E-state index is -0.292. The average molecular weight is 264 g/mol. The van der Waals surface area contributed by atoms with Crippen molar-refractivity contribution in [2.45, 2.75) is 20.3 Å². The van der Waals surface area contributed by atoms with Crippen molar-refractivity contribution in [3.8, 4) is 0 Å². The molecule has 0 atom stereocenters. The minimum absolute atomic E-state index is 0.184. The van der Waals surface area contributed by atoms with Crippen LogP contribution in [-0.4, -0.2) is 18.1 Å². The molecule has 0 fully saturated rings. The first-order valence-electron chi connectivity index (χ1n) is 5.64. The van der Waals surface area contributed by atoms with E-state index in [2.05, 4.69) is 4.98 Å². The van der Waals surface area contributed by atoms with Crippen LogP contribution >= 0.6 is 11.6 Å². The summed E-state index contributed by atoms with van der Waals surface area (Å²) >= 11 is 6.08. The Hall–Kier alpha value is -1.61. The van der Waals surface area contributed by atoms with Crippen LogP contribution in [-0.2, 0) is 16.0 Å². The molecule has 0 radical (unpaired) electrons. The van der Waals surface area contributed by atoms with E-state index in [4.69, 9.17) is 16.3 Å². The number of nitrogens with zero attached hydrogens (tertiary/aromatic N) is 1. The molecule has 1 heterocycles. The predicted molar refractivity (Wildman–Crippen MR) is 71.9 cm³/mol. The highest BCUT2D eigenvalue weighted by molar-refractivity contribution is 6.31. The maximum absolute atomic E-state index is 11.4. The summed E-state index contributed by atoms with van der Waals surface area (Å²) in [4.78, 5) is 15.9. The van der Waals surface area contributed by atoms with Gasteiger partial charge in [0.1, 0.15) is 0 Å². The van der Waals surface area contributed by atoms with Crippen LogP contribution in [0.4, 0.5) is 0 Å². The van der Waals surface area contributed by atoms with Gasteiger partial charge in [0.2, 0.25) is 0 Å². The van der Waals surface area contributed by atoms with E-state index < -0.39 is 0 Å². The third kappa shape index (κ3) is 2.46. The molecule has 2 rings (SSSR count). The highest BCUT2D eigenvalue weighted by atomic mass is 35.5. The van der Waals surface area contributed by atoms with E-state index in [1.165, 1.54) is 7.11 Å². The van der Waals surface area contributed by atoms with Crippen molar-refractivity contribution in [3.05, 3.63) is 40.0 Å². The van der Waals surface area contributed by atoms with Gasteiger partial charge in [-0.1, -0.05) is 11.6 Å². The molecule has 0 saturated heterocycles. The molecular weight excluding hydrogens is 250 g/mol. The van der Waals surface area contributed by atoms with Crippen LogP contribution in [0.3, 0.4) is 0 Å². The molecule has 18 heavy (non-hydrogen) atoms. The largest absolute Gasteiger partial charge is 0.469 e. The summed E-state index contributed by atoms with van der Waals surface area (Å²) in [6.07, 6.45) is 0.184. The Morgan fingerprint density at radius 3 is 2.72 bits per heavy atom. The van der Waals surface area contributed by atoms with Crippen molar-refractivity contribution in [3.63, 3.8) is 0 Å². The molecule has 0 aliphatic heterocycles. The van der Waals surface area contributed by atoms with E-state index in [1.54, 1.807) is 6.07 Å². The van der Waals surface area contributed by atoms with Gasteiger partial charge in [0.05, 0.1) is 19.0 Å². The number of methoxy groups -OCH3 is 1. The quantitative estimate of drug-likeness (QED) is 0.781. The van der Waals surface area contributed by atoms with Crippen molar-refractivity contribution in [1.29, 1.82) is 0 Å². The summed E-state index contributed by atoms with van der Waals surface area (Å²) in [7, 11) is 1.37. The zero-order valence-corrected chi connectivity index (χ0v) is 11.3. The molecule has 0 spiro atoms. The number of carbonyl (C=O) groups is 1. The van der Waals surface area contributed by atoms with E-state index in [-0.39, 0.29) is 12.4 Å². The Kier molecular flexibility index (Phi) is 3.53. The lowest BCUT2D eigenvalue weighted by Crippen LogP contribution is -2.06. The number of carbonyl (C=O) groups excluding carboxylic acids is 1. The van der Waals surface area contributed by atoms with Gasteiger partial charge in [0, 0.05) is 16.1 Å². The van der Waals surface area contributed by atoms with Crippen molar-refractivity contribution in [2.75, 3.05) is 7.11 Å². The normalized spacial score (nSPS) is 10.7. The first-order chi connectivity index (χ1) is 8.51. The molecule has 3 nitrogen and oxygen atoms in total. The number of benzene rings is 1. The monoisotopic (exact) mass is 263 g/mol. The first kappa shape index (κ1) is 12.8. The smallest absolute Gasteiger partial charge is 0.310 e. The average Bonchev–Trinajstić information content (AvgIpc) is 2.30. The zero-order chi connectivity index (χ0) is 13.3. The van der Waals surface area contributed by atoms with Crippen LogP contribution in [0.2, 0.25) is 5.02 Å². The fraction of sp³-hybridized carbons (Fsp3) is 0.286. The molecule has 0 N–H and O–H groups in total. The maximum atomic E-state index is 11.4. The number of ether oxygens (including phenoxy) is 1. The Morgan fingerprint density at radius 1 is 1.33 bits per heavy atom. The number of hydrogen-bond donors (Lipinski definition) is 0. The molecule has 0 aliphatic rings. The minimum Gasteiger partial charge on any atom is -0.469 e. The summed E-state index contributed by atoms with van der Waals surface area (Å²) in [5.41, 5.74) is 3.65. The van der Waals surface area contributed by atoms with Gasteiger partial charge in [-0.15, -0.1) is 0 Å². The maximum Gasteiger partial charge on any atom is 0.310 e. The topological polar surface area (TPSA) is 39.2 Å². The predicted octanol–water partition coefficient (Wildman–Crippen LogP) is 3.22. The van der Waals surface area contributed by atoms with Gasteiger partial charge in [-0.25, -0.2) is 0 Å². The Morgan fingerprint density at radius 2 is 2.06 bits per heavy atom. The second kappa shape index (κ2) is 4.94. The molecular formula is C14H14ClNO2. The van der Waals surface area contributed by atoms with E-state index in [9.17, 15) is 4.79 Å². The Balaban J connectivity index is 2.67. The van der Waals surface area contributed by atoms with Crippen LogP contribution in [0, 0.1) is 13.8 Å². The summed E-state index contributed by atoms with van der Waals surface area (Å²) in [5.74, 6) is -0.292. The number of esters is 1. The third-order valence-electron chi connectivity index (χ3n) is 2.85. The number of pyridine rings is 1. The first-order valence-corrected chi connectivity index (χ1v) is 6.02. The number of aromatic nitrogens is 1. The molecule has 1 aromatic carbocycles. The Bertz CT molecular complexity index is 623. The zero-order valence-electron chi connectivity index (χ0n) is 10.6. The van der Waals surface area contributed by atoms with Gasteiger partial charge < -0.3 is 4.74 Å². The number of rotatable bonds is 2. The molecule has 0 aliphatic carbocycles. The van der Waals surface area contributed by atoms with Crippen molar-refractivity contribution in [2.24, 2.45) is 0 Å². The van der Waals surface area contributed by atoms with Gasteiger partial charge in [-0.05, 0) is 43.2 Å². The van der Waals surface area contributed by atoms with Crippen LogP contribution in [0.25, 0.3) is 10.9 Å². The second-order valence-corrected chi connectivity index (χ2v) is 4.73. The number of hydrogen-bond acceptors (Lipinski definition) is 3. The highest BCUT2D eigenvalue weighted by Gasteiger charge is 2.11. The van der Waals surface area contributed by atoms with E-state index in [0.29, 0.717) is 5.02 Å². The second-order valence-electron chi connectivity index (χ2n) is 4.29. The lowest BCUT2D eigenvalue weighted by atomic mass is 10.0. The Labute approximate surface area is 111 Å². The van der Waals surface area contributed by atoms with Crippen molar-refractivity contribution in [1.82, 2.24) is 4.98 Å². The molecule has 94 valence electrons. The van der Waals surface area contributed by atoms with Gasteiger partial charge in [0.15, 0.2) is 0 Å². The molecule has 0 saturated carbocycles. The number of aryl methyl sites for hydroxylation is 2.